The van der Waals surface area contributed by atoms with Gasteiger partial charge in [0.15, 0.2) is 0 Å². The van der Waals surface area contributed by atoms with Crippen molar-refractivity contribution < 1.29 is 0 Å². The van der Waals surface area contributed by atoms with E-state index in [2.05, 4.69) is 41.7 Å². The van der Waals surface area contributed by atoms with E-state index in [4.69, 9.17) is 0 Å². The van der Waals surface area contributed by atoms with Gasteiger partial charge in [0.1, 0.15) is 11.6 Å². The smallest absolute Gasteiger partial charge is 0.261 e. The standard InChI is InChI=1S/C23H31N7O/c1-17(2)30-16-24-20-14-18(7-8-19(20)23(30)31)28-12-10-27(11-13-28)15-22-26-25-21-6-4-3-5-9-29(21)22/h7-8,14,16-17H,3-6,9-13,15H2,1-2H3. The minimum Gasteiger partial charge on any atom is -0.369 e. The molecule has 8 heteroatoms. The number of hydrogen-bond acceptors (Lipinski definition) is 6. The maximum atomic E-state index is 12.7. The Morgan fingerprint density at radius 1 is 1.00 bits per heavy atom. The van der Waals surface area contributed by atoms with Crippen LogP contribution in [-0.4, -0.2) is 55.4 Å². The van der Waals surface area contributed by atoms with Crippen LogP contribution < -0.4 is 10.5 Å². The van der Waals surface area contributed by atoms with Gasteiger partial charge in [-0.2, -0.15) is 0 Å². The van der Waals surface area contributed by atoms with Crippen LogP contribution in [0, 0.1) is 0 Å². The fraction of sp³-hybridized carbons (Fsp3) is 0.565. The Labute approximate surface area is 182 Å². The summed E-state index contributed by atoms with van der Waals surface area (Å²) in [5.74, 6) is 2.27. The molecule has 5 rings (SSSR count). The number of benzene rings is 1. The van der Waals surface area contributed by atoms with Gasteiger partial charge in [-0.05, 0) is 44.9 Å². The molecule has 0 saturated carbocycles. The van der Waals surface area contributed by atoms with E-state index in [1.807, 2.05) is 19.9 Å². The van der Waals surface area contributed by atoms with Crippen molar-refractivity contribution in [2.24, 2.45) is 0 Å². The maximum absolute atomic E-state index is 12.7. The van der Waals surface area contributed by atoms with Crippen LogP contribution in [0.1, 0.15) is 50.8 Å². The topological polar surface area (TPSA) is 72.1 Å². The Bertz CT molecular complexity index is 1120. The number of piperazine rings is 1. The van der Waals surface area contributed by atoms with Crippen LogP contribution in [0.4, 0.5) is 5.69 Å². The quantitative estimate of drug-likeness (QED) is 0.645. The molecule has 2 aliphatic rings. The molecule has 1 fully saturated rings. The molecule has 2 aliphatic heterocycles. The summed E-state index contributed by atoms with van der Waals surface area (Å²) in [5.41, 5.74) is 1.94. The van der Waals surface area contributed by atoms with Crippen molar-refractivity contribution in [1.82, 2.24) is 29.2 Å². The molecule has 0 N–H and O–H groups in total. The predicted molar refractivity (Wildman–Crippen MR) is 121 cm³/mol. The monoisotopic (exact) mass is 421 g/mol. The van der Waals surface area contributed by atoms with Gasteiger partial charge in [0.2, 0.25) is 0 Å². The third-order valence-electron chi connectivity index (χ3n) is 6.61. The average molecular weight is 422 g/mol. The third kappa shape index (κ3) is 3.96. The summed E-state index contributed by atoms with van der Waals surface area (Å²) < 4.78 is 4.03. The zero-order valence-corrected chi connectivity index (χ0v) is 18.5. The molecule has 164 valence electrons. The SMILES string of the molecule is CC(C)n1cnc2cc(N3CCN(Cc4nnc5n4CCCCC5)CC3)ccc2c1=O. The molecule has 0 amide bonds. The van der Waals surface area contributed by atoms with Crippen LogP contribution in [0.15, 0.2) is 29.3 Å². The van der Waals surface area contributed by atoms with E-state index in [1.54, 1.807) is 10.9 Å². The zero-order valence-electron chi connectivity index (χ0n) is 18.5. The lowest BCUT2D eigenvalue weighted by Gasteiger charge is -2.36. The molecule has 31 heavy (non-hydrogen) atoms. The van der Waals surface area contributed by atoms with Crippen molar-refractivity contribution in [2.45, 2.75) is 58.7 Å². The van der Waals surface area contributed by atoms with Gasteiger partial charge in [0.05, 0.1) is 23.8 Å². The van der Waals surface area contributed by atoms with E-state index in [-0.39, 0.29) is 11.6 Å². The molecule has 1 aromatic carbocycles. The van der Waals surface area contributed by atoms with Crippen LogP contribution in [0.3, 0.4) is 0 Å². The Balaban J connectivity index is 1.26. The highest BCUT2D eigenvalue weighted by Gasteiger charge is 2.21. The minimum absolute atomic E-state index is 0.0313. The molecule has 2 aromatic heterocycles. The van der Waals surface area contributed by atoms with Crippen LogP contribution in [0.2, 0.25) is 0 Å². The molecule has 0 aliphatic carbocycles. The summed E-state index contributed by atoms with van der Waals surface area (Å²) in [6, 6.07) is 6.15. The molecular weight excluding hydrogens is 390 g/mol. The Hall–Kier alpha value is -2.74. The van der Waals surface area contributed by atoms with Gasteiger partial charge in [0.25, 0.3) is 5.56 Å². The second-order valence-electron chi connectivity index (χ2n) is 9.01. The summed E-state index contributed by atoms with van der Waals surface area (Å²) in [4.78, 5) is 22.1. The lowest BCUT2D eigenvalue weighted by molar-refractivity contribution is 0.240. The largest absolute Gasteiger partial charge is 0.369 e. The van der Waals surface area contributed by atoms with Crippen molar-refractivity contribution in [3.05, 3.63) is 46.5 Å². The first-order valence-electron chi connectivity index (χ1n) is 11.5. The van der Waals surface area contributed by atoms with Crippen molar-refractivity contribution in [2.75, 3.05) is 31.1 Å². The Morgan fingerprint density at radius 2 is 1.84 bits per heavy atom. The predicted octanol–water partition coefficient (Wildman–Crippen LogP) is 2.62. The summed E-state index contributed by atoms with van der Waals surface area (Å²) in [5, 5.41) is 9.62. The van der Waals surface area contributed by atoms with Gasteiger partial charge in [0, 0.05) is 50.9 Å². The number of aryl methyl sites for hydroxylation is 1. The lowest BCUT2D eigenvalue weighted by atomic mass is 10.2. The van der Waals surface area contributed by atoms with Crippen LogP contribution >= 0.6 is 0 Å². The number of anilines is 1. The van der Waals surface area contributed by atoms with Crippen LogP contribution in [-0.2, 0) is 19.5 Å². The second kappa shape index (κ2) is 8.42. The minimum atomic E-state index is 0.0313. The van der Waals surface area contributed by atoms with Gasteiger partial charge < -0.3 is 9.47 Å². The highest BCUT2D eigenvalue weighted by molar-refractivity contribution is 5.81. The maximum Gasteiger partial charge on any atom is 0.261 e. The number of nitrogens with zero attached hydrogens (tertiary/aromatic N) is 7. The fourth-order valence-corrected chi connectivity index (χ4v) is 4.71. The first-order chi connectivity index (χ1) is 15.1. The molecule has 0 radical (unpaired) electrons. The van der Waals surface area contributed by atoms with Gasteiger partial charge >= 0.3 is 0 Å². The average Bonchev–Trinajstić information content (AvgIpc) is 3.00. The highest BCUT2D eigenvalue weighted by atomic mass is 16.1. The molecule has 0 spiro atoms. The van der Waals surface area contributed by atoms with Gasteiger partial charge in [-0.3, -0.25) is 14.3 Å². The molecule has 4 heterocycles. The van der Waals surface area contributed by atoms with Crippen molar-refractivity contribution in [3.8, 4) is 0 Å². The molecular formula is C23H31N7O. The molecule has 0 unspecified atom stereocenters. The first-order valence-corrected chi connectivity index (χ1v) is 11.5. The van der Waals surface area contributed by atoms with E-state index in [9.17, 15) is 4.79 Å². The fourth-order valence-electron chi connectivity index (χ4n) is 4.71. The summed E-state index contributed by atoms with van der Waals surface area (Å²) in [6.45, 7) is 9.81. The van der Waals surface area contributed by atoms with E-state index in [0.717, 1.165) is 68.5 Å². The molecule has 0 atom stereocenters. The second-order valence-corrected chi connectivity index (χ2v) is 9.01. The van der Waals surface area contributed by atoms with E-state index in [0.29, 0.717) is 5.39 Å². The first kappa shape index (κ1) is 20.2. The number of rotatable bonds is 4. The lowest BCUT2D eigenvalue weighted by Crippen LogP contribution is -2.46. The number of aromatic nitrogens is 5. The molecule has 3 aromatic rings. The highest BCUT2D eigenvalue weighted by Crippen LogP contribution is 2.22. The summed E-state index contributed by atoms with van der Waals surface area (Å²) in [7, 11) is 0. The number of hydrogen-bond donors (Lipinski definition) is 0. The van der Waals surface area contributed by atoms with Crippen LogP contribution in [0.25, 0.3) is 10.9 Å². The summed E-state index contributed by atoms with van der Waals surface area (Å²) in [6.07, 6.45) is 6.46. The zero-order chi connectivity index (χ0) is 21.4. The third-order valence-corrected chi connectivity index (χ3v) is 6.61. The van der Waals surface area contributed by atoms with E-state index in [1.165, 1.54) is 19.3 Å². The Morgan fingerprint density at radius 3 is 2.65 bits per heavy atom. The molecule has 1 saturated heterocycles. The molecule has 8 nitrogen and oxygen atoms in total. The van der Waals surface area contributed by atoms with Crippen molar-refractivity contribution in [3.63, 3.8) is 0 Å². The van der Waals surface area contributed by atoms with Crippen LogP contribution in [0.5, 0.6) is 0 Å². The Kier molecular flexibility index (Phi) is 5.48. The van der Waals surface area contributed by atoms with E-state index >= 15 is 0 Å². The van der Waals surface area contributed by atoms with Crippen molar-refractivity contribution >= 4 is 16.6 Å². The normalized spacial score (nSPS) is 17.8. The van der Waals surface area contributed by atoms with Gasteiger partial charge in [-0.1, -0.05) is 6.42 Å². The molecule has 0 bridgehead atoms. The van der Waals surface area contributed by atoms with Crippen molar-refractivity contribution in [1.29, 1.82) is 0 Å². The van der Waals surface area contributed by atoms with E-state index < -0.39 is 0 Å². The van der Waals surface area contributed by atoms with Gasteiger partial charge in [-0.25, -0.2) is 4.98 Å². The number of fused-ring (bicyclic) bond motifs is 2. The van der Waals surface area contributed by atoms with Gasteiger partial charge in [-0.15, -0.1) is 10.2 Å². The summed E-state index contributed by atoms with van der Waals surface area (Å²) >= 11 is 0.